The Balaban J connectivity index is 2.11. The van der Waals surface area contributed by atoms with E-state index in [0.29, 0.717) is 11.6 Å². The first-order valence-corrected chi connectivity index (χ1v) is 7.10. The molecule has 0 spiro atoms. The molecule has 5 nitrogen and oxygen atoms in total. The van der Waals surface area contributed by atoms with E-state index in [-0.39, 0.29) is 11.8 Å². The normalized spacial score (nSPS) is 10.1. The van der Waals surface area contributed by atoms with E-state index in [1.165, 1.54) is 18.3 Å². The predicted octanol–water partition coefficient (Wildman–Crippen LogP) is 3.12. The SMILES string of the molecule is CCC(=O)Nc1nc(-c2ccc(NC(C)=O)cc2)cs1. The quantitative estimate of drug-likeness (QED) is 0.908. The van der Waals surface area contributed by atoms with Gasteiger partial charge in [-0.2, -0.15) is 0 Å². The molecule has 0 aliphatic carbocycles. The monoisotopic (exact) mass is 289 g/mol. The van der Waals surface area contributed by atoms with Gasteiger partial charge in [0.2, 0.25) is 11.8 Å². The predicted molar refractivity (Wildman–Crippen MR) is 80.8 cm³/mol. The third-order valence-corrected chi connectivity index (χ3v) is 3.33. The highest BCUT2D eigenvalue weighted by atomic mass is 32.1. The first-order chi connectivity index (χ1) is 9.58. The van der Waals surface area contributed by atoms with E-state index < -0.39 is 0 Å². The number of thiazole rings is 1. The van der Waals surface area contributed by atoms with Gasteiger partial charge in [0.1, 0.15) is 0 Å². The van der Waals surface area contributed by atoms with Crippen LogP contribution in [-0.4, -0.2) is 16.8 Å². The summed E-state index contributed by atoms with van der Waals surface area (Å²) in [5, 5.41) is 7.92. The third kappa shape index (κ3) is 3.64. The zero-order chi connectivity index (χ0) is 14.5. The van der Waals surface area contributed by atoms with Crippen molar-refractivity contribution in [2.45, 2.75) is 20.3 Å². The highest BCUT2D eigenvalue weighted by molar-refractivity contribution is 7.14. The van der Waals surface area contributed by atoms with E-state index in [1.54, 1.807) is 6.92 Å². The van der Waals surface area contributed by atoms with Crippen LogP contribution in [-0.2, 0) is 9.59 Å². The number of benzene rings is 1. The summed E-state index contributed by atoms with van der Waals surface area (Å²) in [6, 6.07) is 7.40. The number of hydrogen-bond acceptors (Lipinski definition) is 4. The molecule has 0 saturated heterocycles. The Morgan fingerprint density at radius 2 is 1.90 bits per heavy atom. The Morgan fingerprint density at radius 1 is 1.20 bits per heavy atom. The molecule has 0 aliphatic rings. The minimum Gasteiger partial charge on any atom is -0.326 e. The molecule has 0 fully saturated rings. The lowest BCUT2D eigenvalue weighted by atomic mass is 10.1. The summed E-state index contributed by atoms with van der Waals surface area (Å²) in [5.74, 6) is -0.150. The zero-order valence-electron chi connectivity index (χ0n) is 11.3. The van der Waals surface area contributed by atoms with Crippen LogP contribution in [0.4, 0.5) is 10.8 Å². The van der Waals surface area contributed by atoms with E-state index >= 15 is 0 Å². The smallest absolute Gasteiger partial charge is 0.225 e. The van der Waals surface area contributed by atoms with Crippen LogP contribution in [0.25, 0.3) is 11.3 Å². The summed E-state index contributed by atoms with van der Waals surface area (Å²) in [4.78, 5) is 26.6. The van der Waals surface area contributed by atoms with Crippen LogP contribution in [0, 0.1) is 0 Å². The number of amides is 2. The molecule has 2 rings (SSSR count). The summed E-state index contributed by atoms with van der Waals surface area (Å²) in [5.41, 5.74) is 2.49. The molecule has 20 heavy (non-hydrogen) atoms. The molecule has 6 heteroatoms. The number of rotatable bonds is 4. The highest BCUT2D eigenvalue weighted by Gasteiger charge is 2.07. The molecule has 104 valence electrons. The lowest BCUT2D eigenvalue weighted by Crippen LogP contribution is -2.08. The van der Waals surface area contributed by atoms with Crippen molar-refractivity contribution < 1.29 is 9.59 Å². The Hall–Kier alpha value is -2.21. The van der Waals surface area contributed by atoms with Crippen molar-refractivity contribution in [2.75, 3.05) is 10.6 Å². The summed E-state index contributed by atoms with van der Waals surface area (Å²) in [7, 11) is 0. The number of nitrogens with zero attached hydrogens (tertiary/aromatic N) is 1. The number of hydrogen-bond donors (Lipinski definition) is 2. The first kappa shape index (κ1) is 14.2. The topological polar surface area (TPSA) is 71.1 Å². The Bertz CT molecular complexity index is 620. The second-order valence-corrected chi connectivity index (χ2v) is 5.06. The van der Waals surface area contributed by atoms with E-state index in [2.05, 4.69) is 15.6 Å². The van der Waals surface area contributed by atoms with Crippen molar-refractivity contribution in [1.29, 1.82) is 0 Å². The lowest BCUT2D eigenvalue weighted by Gasteiger charge is -2.02. The molecule has 0 saturated carbocycles. The average molecular weight is 289 g/mol. The van der Waals surface area contributed by atoms with Crippen molar-refractivity contribution in [2.24, 2.45) is 0 Å². The molecule has 1 aromatic carbocycles. The summed E-state index contributed by atoms with van der Waals surface area (Å²) >= 11 is 1.39. The summed E-state index contributed by atoms with van der Waals surface area (Å²) < 4.78 is 0. The molecule has 1 aromatic heterocycles. The first-order valence-electron chi connectivity index (χ1n) is 6.22. The molecule has 1 heterocycles. The molecule has 2 amide bonds. The lowest BCUT2D eigenvalue weighted by molar-refractivity contribution is -0.116. The van der Waals surface area contributed by atoms with Crippen molar-refractivity contribution in [3.63, 3.8) is 0 Å². The van der Waals surface area contributed by atoms with Crippen molar-refractivity contribution in [3.05, 3.63) is 29.6 Å². The van der Waals surface area contributed by atoms with E-state index in [0.717, 1.165) is 16.9 Å². The van der Waals surface area contributed by atoms with Crippen LogP contribution in [0.5, 0.6) is 0 Å². The Kier molecular flexibility index (Phi) is 4.47. The Labute approximate surface area is 121 Å². The van der Waals surface area contributed by atoms with Gasteiger partial charge in [0.15, 0.2) is 5.13 Å². The summed E-state index contributed by atoms with van der Waals surface area (Å²) in [6.07, 6.45) is 0.431. The fourth-order valence-corrected chi connectivity index (χ4v) is 2.33. The van der Waals surface area contributed by atoms with Gasteiger partial charge in [-0.1, -0.05) is 19.1 Å². The summed E-state index contributed by atoms with van der Waals surface area (Å²) in [6.45, 7) is 3.27. The molecule has 0 bridgehead atoms. The molecule has 2 aromatic rings. The third-order valence-electron chi connectivity index (χ3n) is 2.57. The van der Waals surface area contributed by atoms with Gasteiger partial charge in [0.25, 0.3) is 0 Å². The molecule has 0 radical (unpaired) electrons. The molecular formula is C14H15N3O2S. The maximum Gasteiger partial charge on any atom is 0.225 e. The number of aromatic nitrogens is 1. The molecule has 0 atom stereocenters. The molecule has 0 unspecified atom stereocenters. The van der Waals surface area contributed by atoms with Gasteiger partial charge in [0.05, 0.1) is 5.69 Å². The van der Waals surface area contributed by atoms with Gasteiger partial charge in [-0.3, -0.25) is 9.59 Å². The van der Waals surface area contributed by atoms with E-state index in [4.69, 9.17) is 0 Å². The van der Waals surface area contributed by atoms with Crippen LogP contribution in [0.15, 0.2) is 29.6 Å². The van der Waals surface area contributed by atoms with E-state index in [1.807, 2.05) is 29.6 Å². The molecule has 2 N–H and O–H groups in total. The van der Waals surface area contributed by atoms with Gasteiger partial charge in [-0.05, 0) is 12.1 Å². The average Bonchev–Trinajstić information content (AvgIpc) is 2.87. The van der Waals surface area contributed by atoms with Crippen LogP contribution in [0.2, 0.25) is 0 Å². The van der Waals surface area contributed by atoms with Gasteiger partial charge in [0, 0.05) is 30.0 Å². The number of carbonyl (C=O) groups is 2. The second-order valence-electron chi connectivity index (χ2n) is 4.20. The largest absolute Gasteiger partial charge is 0.326 e. The van der Waals surface area contributed by atoms with Crippen molar-refractivity contribution >= 4 is 34.0 Å². The number of nitrogens with one attached hydrogen (secondary N) is 2. The highest BCUT2D eigenvalue weighted by Crippen LogP contribution is 2.26. The minimum absolute atomic E-state index is 0.0492. The van der Waals surface area contributed by atoms with Gasteiger partial charge >= 0.3 is 0 Å². The number of anilines is 2. The maximum atomic E-state index is 11.3. The van der Waals surface area contributed by atoms with Crippen LogP contribution in [0.1, 0.15) is 20.3 Å². The second kappa shape index (κ2) is 6.29. The number of carbonyl (C=O) groups excluding carboxylic acids is 2. The van der Waals surface area contributed by atoms with Gasteiger partial charge < -0.3 is 10.6 Å². The minimum atomic E-state index is -0.101. The standard InChI is InChI=1S/C14H15N3O2S/c1-3-13(19)17-14-16-12(8-20-14)10-4-6-11(7-5-10)15-9(2)18/h4-8H,3H2,1-2H3,(H,15,18)(H,16,17,19). The van der Waals surface area contributed by atoms with Crippen LogP contribution in [0.3, 0.4) is 0 Å². The maximum absolute atomic E-state index is 11.3. The molecular weight excluding hydrogens is 274 g/mol. The van der Waals surface area contributed by atoms with Crippen molar-refractivity contribution in [3.8, 4) is 11.3 Å². The van der Waals surface area contributed by atoms with Crippen molar-refractivity contribution in [1.82, 2.24) is 4.98 Å². The van der Waals surface area contributed by atoms with E-state index in [9.17, 15) is 9.59 Å². The fraction of sp³-hybridized carbons (Fsp3) is 0.214. The van der Waals surface area contributed by atoms with Crippen LogP contribution < -0.4 is 10.6 Å². The van der Waals surface area contributed by atoms with Crippen LogP contribution >= 0.6 is 11.3 Å². The van der Waals surface area contributed by atoms with Gasteiger partial charge in [-0.25, -0.2) is 4.98 Å². The fourth-order valence-electron chi connectivity index (χ4n) is 1.60. The van der Waals surface area contributed by atoms with Gasteiger partial charge in [-0.15, -0.1) is 11.3 Å². The Morgan fingerprint density at radius 3 is 2.50 bits per heavy atom. The molecule has 0 aliphatic heterocycles. The zero-order valence-corrected chi connectivity index (χ0v) is 12.1.